The number of amides is 2. The molecular weight excluding hydrogens is 330 g/mol. The monoisotopic (exact) mass is 343 g/mol. The molecule has 6 rings (SSSR count). The molecule has 106 valence electrons. The molecule has 21 heavy (non-hydrogen) atoms. The Kier molecular flexibility index (Phi) is 2.23. The van der Waals surface area contributed by atoms with E-state index in [1.54, 1.807) is 0 Å². The highest BCUT2D eigenvalue weighted by atomic mass is 79.9. The van der Waals surface area contributed by atoms with E-state index in [9.17, 15) is 9.59 Å². The Morgan fingerprint density at radius 2 is 1.43 bits per heavy atom. The molecule has 0 radical (unpaired) electrons. The van der Waals surface area contributed by atoms with E-state index >= 15 is 0 Å². The van der Waals surface area contributed by atoms with Crippen LogP contribution in [0.1, 0.15) is 6.42 Å². The highest BCUT2D eigenvalue weighted by Gasteiger charge is 2.67. The topological polar surface area (TPSA) is 37.4 Å². The molecule has 1 heterocycles. The maximum atomic E-state index is 12.8. The molecule has 4 heteroatoms. The lowest BCUT2D eigenvalue weighted by Gasteiger charge is -2.37. The van der Waals surface area contributed by atoms with Gasteiger partial charge in [0, 0.05) is 4.47 Å². The summed E-state index contributed by atoms with van der Waals surface area (Å²) in [6.07, 6.45) is 5.61. The second kappa shape index (κ2) is 3.86. The second-order valence-corrected chi connectivity index (χ2v) is 7.56. The second-order valence-electron chi connectivity index (χ2n) is 6.64. The van der Waals surface area contributed by atoms with Crippen LogP contribution in [0, 0.1) is 35.5 Å². The van der Waals surface area contributed by atoms with Crippen molar-refractivity contribution in [3.63, 3.8) is 0 Å². The van der Waals surface area contributed by atoms with Gasteiger partial charge in [-0.05, 0) is 54.4 Å². The van der Waals surface area contributed by atoms with Crippen LogP contribution in [0.4, 0.5) is 5.69 Å². The van der Waals surface area contributed by atoms with Crippen molar-refractivity contribution < 1.29 is 9.59 Å². The predicted octanol–water partition coefficient (Wildman–Crippen LogP) is 3.01. The minimum atomic E-state index is -0.111. The Hall–Kier alpha value is -1.42. The molecule has 0 spiro atoms. The van der Waals surface area contributed by atoms with E-state index in [-0.39, 0.29) is 23.7 Å². The van der Waals surface area contributed by atoms with Gasteiger partial charge in [0.15, 0.2) is 0 Å². The Balaban J connectivity index is 1.58. The van der Waals surface area contributed by atoms with Crippen molar-refractivity contribution in [3.8, 4) is 0 Å². The van der Waals surface area contributed by atoms with Crippen LogP contribution < -0.4 is 4.90 Å². The highest BCUT2D eigenvalue weighted by molar-refractivity contribution is 9.10. The maximum absolute atomic E-state index is 12.8. The van der Waals surface area contributed by atoms with Gasteiger partial charge in [-0.15, -0.1) is 0 Å². The molecule has 3 fully saturated rings. The molecule has 1 saturated heterocycles. The van der Waals surface area contributed by atoms with Crippen molar-refractivity contribution in [2.45, 2.75) is 6.42 Å². The third kappa shape index (κ3) is 1.44. The van der Waals surface area contributed by atoms with Gasteiger partial charge in [0.2, 0.25) is 11.8 Å². The molecule has 2 bridgehead atoms. The zero-order valence-electron chi connectivity index (χ0n) is 11.3. The summed E-state index contributed by atoms with van der Waals surface area (Å²) in [5.74, 6) is 1.70. The molecule has 5 aliphatic rings. The van der Waals surface area contributed by atoms with Crippen LogP contribution in [0.3, 0.4) is 0 Å². The first kappa shape index (κ1) is 12.2. The summed E-state index contributed by atoms with van der Waals surface area (Å²) in [6, 6.07) is 7.44. The van der Waals surface area contributed by atoms with Gasteiger partial charge >= 0.3 is 0 Å². The Labute approximate surface area is 131 Å². The van der Waals surface area contributed by atoms with Gasteiger partial charge < -0.3 is 0 Å². The van der Waals surface area contributed by atoms with E-state index in [2.05, 4.69) is 28.1 Å². The van der Waals surface area contributed by atoms with Crippen LogP contribution in [-0.4, -0.2) is 11.8 Å². The molecule has 1 aromatic rings. The highest BCUT2D eigenvalue weighted by Crippen LogP contribution is 2.65. The molecule has 2 saturated carbocycles. The number of anilines is 1. The Morgan fingerprint density at radius 1 is 0.905 bits per heavy atom. The fourth-order valence-corrected chi connectivity index (χ4v) is 5.07. The number of benzene rings is 1. The van der Waals surface area contributed by atoms with E-state index in [1.807, 2.05) is 24.3 Å². The molecule has 1 aliphatic heterocycles. The van der Waals surface area contributed by atoms with Crippen molar-refractivity contribution >= 4 is 33.4 Å². The molecule has 4 aliphatic carbocycles. The zero-order chi connectivity index (χ0) is 14.3. The predicted molar refractivity (Wildman–Crippen MR) is 81.3 cm³/mol. The van der Waals surface area contributed by atoms with Crippen LogP contribution in [-0.2, 0) is 9.59 Å². The molecule has 6 unspecified atom stereocenters. The van der Waals surface area contributed by atoms with Gasteiger partial charge in [-0.25, -0.2) is 0 Å². The fraction of sp³-hybridized carbons (Fsp3) is 0.412. The standard InChI is InChI=1S/C17H14BrNO2/c18-8-1-3-9(4-2-8)19-16(20)14-10-5-6-11(13-7-12(10)13)15(14)17(19)21/h1-6,10-15H,7H2. The van der Waals surface area contributed by atoms with Crippen molar-refractivity contribution in [1.29, 1.82) is 0 Å². The van der Waals surface area contributed by atoms with Crippen LogP contribution >= 0.6 is 15.9 Å². The molecule has 6 atom stereocenters. The summed E-state index contributed by atoms with van der Waals surface area (Å²) < 4.78 is 0.950. The molecule has 2 amide bonds. The van der Waals surface area contributed by atoms with E-state index < -0.39 is 0 Å². The van der Waals surface area contributed by atoms with E-state index in [0.717, 1.165) is 4.47 Å². The van der Waals surface area contributed by atoms with E-state index in [4.69, 9.17) is 0 Å². The van der Waals surface area contributed by atoms with Crippen LogP contribution in [0.5, 0.6) is 0 Å². The summed E-state index contributed by atoms with van der Waals surface area (Å²) in [7, 11) is 0. The molecular formula is C17H14BrNO2. The average Bonchev–Trinajstić information content (AvgIpc) is 3.26. The number of rotatable bonds is 1. The summed E-state index contributed by atoms with van der Waals surface area (Å²) >= 11 is 3.39. The first-order valence-corrected chi connectivity index (χ1v) is 8.28. The van der Waals surface area contributed by atoms with Crippen LogP contribution in [0.25, 0.3) is 0 Å². The largest absolute Gasteiger partial charge is 0.274 e. The SMILES string of the molecule is O=C1C2C3C=CC(C4CC34)C2C(=O)N1c1ccc(Br)cc1. The number of hydrogen-bond acceptors (Lipinski definition) is 2. The minimum Gasteiger partial charge on any atom is -0.274 e. The molecule has 0 aromatic heterocycles. The van der Waals surface area contributed by atoms with Gasteiger partial charge in [-0.2, -0.15) is 0 Å². The number of nitrogens with zero attached hydrogens (tertiary/aromatic N) is 1. The molecule has 0 N–H and O–H groups in total. The first-order chi connectivity index (χ1) is 10.2. The lowest BCUT2D eigenvalue weighted by molar-refractivity contribution is -0.124. The first-order valence-electron chi connectivity index (χ1n) is 7.48. The van der Waals surface area contributed by atoms with E-state index in [1.165, 1.54) is 11.3 Å². The lowest BCUT2D eigenvalue weighted by atomic mass is 9.63. The Bertz CT molecular complexity index is 659. The van der Waals surface area contributed by atoms with Gasteiger partial charge in [-0.3, -0.25) is 14.5 Å². The van der Waals surface area contributed by atoms with Gasteiger partial charge in [0.05, 0.1) is 17.5 Å². The van der Waals surface area contributed by atoms with Crippen molar-refractivity contribution in [3.05, 3.63) is 40.9 Å². The fourth-order valence-electron chi connectivity index (χ4n) is 4.80. The summed E-state index contributed by atoms with van der Waals surface area (Å²) in [6.45, 7) is 0. The van der Waals surface area contributed by atoms with Gasteiger partial charge in [0.25, 0.3) is 0 Å². The minimum absolute atomic E-state index is 0.0111. The third-order valence-electron chi connectivity index (χ3n) is 5.75. The third-order valence-corrected chi connectivity index (χ3v) is 6.28. The average molecular weight is 344 g/mol. The van der Waals surface area contributed by atoms with E-state index in [0.29, 0.717) is 29.4 Å². The number of hydrogen-bond donors (Lipinski definition) is 0. The van der Waals surface area contributed by atoms with Gasteiger partial charge in [-0.1, -0.05) is 28.1 Å². The lowest BCUT2D eigenvalue weighted by Crippen LogP contribution is -2.40. The quantitative estimate of drug-likeness (QED) is 0.580. The summed E-state index contributed by atoms with van der Waals surface area (Å²) in [5, 5.41) is 0. The zero-order valence-corrected chi connectivity index (χ0v) is 12.9. The molecule has 1 aromatic carbocycles. The number of carbonyl (C=O) groups excluding carboxylic acids is 2. The maximum Gasteiger partial charge on any atom is 0.238 e. The normalized spacial score (nSPS) is 42.2. The Morgan fingerprint density at radius 3 is 1.95 bits per heavy atom. The van der Waals surface area contributed by atoms with Crippen LogP contribution in [0.2, 0.25) is 0 Å². The summed E-state index contributed by atoms with van der Waals surface area (Å²) in [5.41, 5.74) is 0.704. The van der Waals surface area contributed by atoms with Crippen LogP contribution in [0.15, 0.2) is 40.9 Å². The number of carbonyl (C=O) groups is 2. The number of allylic oxidation sites excluding steroid dienone is 2. The van der Waals surface area contributed by atoms with Crippen molar-refractivity contribution in [2.24, 2.45) is 35.5 Å². The molecule has 3 nitrogen and oxygen atoms in total. The van der Waals surface area contributed by atoms with Gasteiger partial charge in [0.1, 0.15) is 0 Å². The van der Waals surface area contributed by atoms with Crippen molar-refractivity contribution in [2.75, 3.05) is 4.90 Å². The summed E-state index contributed by atoms with van der Waals surface area (Å²) in [4.78, 5) is 27.1. The number of imide groups is 1. The van der Waals surface area contributed by atoms with Crippen molar-refractivity contribution in [1.82, 2.24) is 0 Å². The number of halogens is 1. The smallest absolute Gasteiger partial charge is 0.238 e.